The van der Waals surface area contributed by atoms with Gasteiger partial charge in [0.15, 0.2) is 0 Å². The third-order valence-corrected chi connectivity index (χ3v) is 3.05. The largest absolute Gasteiger partial charge is 0.369 e. The molecule has 0 saturated heterocycles. The highest BCUT2D eigenvalue weighted by atomic mass is 79.9. The molecule has 0 saturated carbocycles. The van der Waals surface area contributed by atoms with Crippen molar-refractivity contribution in [2.45, 2.75) is 33.1 Å². The molecule has 0 spiro atoms. The molecule has 0 atom stereocenters. The number of halogens is 1. The van der Waals surface area contributed by atoms with Gasteiger partial charge in [-0.2, -0.15) is 4.98 Å². The second-order valence-electron chi connectivity index (χ2n) is 4.46. The number of hydrogen-bond acceptors (Lipinski definition) is 4. The maximum atomic E-state index is 4.34. The molecule has 1 aromatic rings. The summed E-state index contributed by atoms with van der Waals surface area (Å²) in [6.45, 7) is 5.47. The Kier molecular flexibility index (Phi) is 6.26. The second-order valence-corrected chi connectivity index (χ2v) is 5.31. The topological polar surface area (TPSA) is 49.8 Å². The zero-order valence-electron chi connectivity index (χ0n) is 10.8. The number of rotatable bonds is 7. The lowest BCUT2D eigenvalue weighted by Gasteiger charge is -2.09. The van der Waals surface area contributed by atoms with E-state index in [9.17, 15) is 0 Å². The molecular formula is C12H21BrN4. The average molecular weight is 301 g/mol. The first-order chi connectivity index (χ1) is 8.13. The van der Waals surface area contributed by atoms with Crippen molar-refractivity contribution in [3.63, 3.8) is 0 Å². The molecule has 5 heteroatoms. The molecule has 17 heavy (non-hydrogen) atoms. The first-order valence-electron chi connectivity index (χ1n) is 6.07. The van der Waals surface area contributed by atoms with Gasteiger partial charge in [-0.1, -0.05) is 26.7 Å². The standard InChI is InChI=1S/C12H21BrN4/c1-9(2)6-4-5-7-15-11-10(13)8-16-12(14-3)17-11/h8-9H,4-7H2,1-3H3,(H2,14,15,16,17). The third kappa shape index (κ3) is 5.35. The van der Waals surface area contributed by atoms with E-state index >= 15 is 0 Å². The van der Waals surface area contributed by atoms with Gasteiger partial charge in [-0.15, -0.1) is 0 Å². The normalized spacial score (nSPS) is 10.6. The van der Waals surface area contributed by atoms with Crippen LogP contribution in [0.4, 0.5) is 11.8 Å². The van der Waals surface area contributed by atoms with Crippen LogP contribution in [0, 0.1) is 5.92 Å². The molecule has 0 unspecified atom stereocenters. The molecule has 1 aromatic heterocycles. The van der Waals surface area contributed by atoms with Crippen LogP contribution in [0.5, 0.6) is 0 Å². The van der Waals surface area contributed by atoms with Gasteiger partial charge in [-0.25, -0.2) is 4.98 Å². The summed E-state index contributed by atoms with van der Waals surface area (Å²) in [5.41, 5.74) is 0. The molecule has 0 bridgehead atoms. The highest BCUT2D eigenvalue weighted by Gasteiger charge is 2.03. The van der Waals surface area contributed by atoms with Crippen molar-refractivity contribution in [3.05, 3.63) is 10.7 Å². The Hall–Kier alpha value is -0.840. The smallest absolute Gasteiger partial charge is 0.224 e. The monoisotopic (exact) mass is 300 g/mol. The van der Waals surface area contributed by atoms with Gasteiger partial charge < -0.3 is 10.6 Å². The SMILES string of the molecule is CNc1ncc(Br)c(NCCCCC(C)C)n1. The minimum atomic E-state index is 0.637. The fourth-order valence-corrected chi connectivity index (χ4v) is 1.83. The van der Waals surface area contributed by atoms with Crippen LogP contribution in [0.25, 0.3) is 0 Å². The molecule has 1 heterocycles. The number of nitrogens with one attached hydrogen (secondary N) is 2. The molecule has 4 nitrogen and oxygen atoms in total. The van der Waals surface area contributed by atoms with E-state index in [1.165, 1.54) is 19.3 Å². The Balaban J connectivity index is 2.35. The molecular weight excluding hydrogens is 280 g/mol. The minimum Gasteiger partial charge on any atom is -0.369 e. The van der Waals surface area contributed by atoms with Crippen molar-refractivity contribution >= 4 is 27.7 Å². The number of hydrogen-bond donors (Lipinski definition) is 2. The van der Waals surface area contributed by atoms with E-state index < -0.39 is 0 Å². The highest BCUT2D eigenvalue weighted by Crippen LogP contribution is 2.20. The number of nitrogens with zero attached hydrogens (tertiary/aromatic N) is 2. The lowest BCUT2D eigenvalue weighted by molar-refractivity contribution is 0.544. The summed E-state index contributed by atoms with van der Waals surface area (Å²) >= 11 is 3.44. The lowest BCUT2D eigenvalue weighted by Crippen LogP contribution is -2.07. The maximum Gasteiger partial charge on any atom is 0.224 e. The first-order valence-corrected chi connectivity index (χ1v) is 6.87. The number of unbranched alkanes of at least 4 members (excludes halogenated alkanes) is 1. The van der Waals surface area contributed by atoms with Gasteiger partial charge >= 0.3 is 0 Å². The third-order valence-electron chi connectivity index (χ3n) is 2.47. The van der Waals surface area contributed by atoms with Crippen LogP contribution in [0.1, 0.15) is 33.1 Å². The molecule has 2 N–H and O–H groups in total. The van der Waals surface area contributed by atoms with Crippen molar-refractivity contribution in [1.29, 1.82) is 0 Å². The van der Waals surface area contributed by atoms with Gasteiger partial charge in [0.2, 0.25) is 5.95 Å². The highest BCUT2D eigenvalue weighted by molar-refractivity contribution is 9.10. The molecule has 1 rings (SSSR count). The van der Waals surface area contributed by atoms with Crippen LogP contribution in [0.3, 0.4) is 0 Å². The summed E-state index contributed by atoms with van der Waals surface area (Å²) in [6.07, 6.45) is 5.47. The Morgan fingerprint density at radius 2 is 2.12 bits per heavy atom. The summed E-state index contributed by atoms with van der Waals surface area (Å²) in [4.78, 5) is 8.46. The Labute approximate surface area is 112 Å². The van der Waals surface area contributed by atoms with Crippen LogP contribution in [0.2, 0.25) is 0 Å². The van der Waals surface area contributed by atoms with E-state index in [1.54, 1.807) is 6.20 Å². The number of aromatic nitrogens is 2. The lowest BCUT2D eigenvalue weighted by atomic mass is 10.1. The van der Waals surface area contributed by atoms with Gasteiger partial charge in [0.05, 0.1) is 4.47 Å². The molecule has 0 aliphatic heterocycles. The molecule has 0 fully saturated rings. The first kappa shape index (κ1) is 14.2. The van der Waals surface area contributed by atoms with Crippen LogP contribution >= 0.6 is 15.9 Å². The van der Waals surface area contributed by atoms with Crippen LogP contribution < -0.4 is 10.6 Å². The fourth-order valence-electron chi connectivity index (χ4n) is 1.50. The quantitative estimate of drug-likeness (QED) is 0.757. The van der Waals surface area contributed by atoms with Crippen molar-refractivity contribution in [2.24, 2.45) is 5.92 Å². The van der Waals surface area contributed by atoms with Crippen molar-refractivity contribution < 1.29 is 0 Å². The van der Waals surface area contributed by atoms with Crippen molar-refractivity contribution in [3.8, 4) is 0 Å². The summed E-state index contributed by atoms with van der Waals surface area (Å²) in [6, 6.07) is 0. The van der Waals surface area contributed by atoms with Gasteiger partial charge in [0.1, 0.15) is 5.82 Å². The van der Waals surface area contributed by atoms with Crippen LogP contribution in [0.15, 0.2) is 10.7 Å². The second kappa shape index (κ2) is 7.48. The summed E-state index contributed by atoms with van der Waals surface area (Å²) < 4.78 is 0.903. The fraction of sp³-hybridized carbons (Fsp3) is 0.667. The molecule has 0 aliphatic rings. The minimum absolute atomic E-state index is 0.637. The summed E-state index contributed by atoms with van der Waals surface area (Å²) in [7, 11) is 1.82. The van der Waals surface area contributed by atoms with E-state index in [1.807, 2.05) is 7.05 Å². The average Bonchev–Trinajstić information content (AvgIpc) is 2.30. The Morgan fingerprint density at radius 1 is 1.35 bits per heavy atom. The van der Waals surface area contributed by atoms with Gasteiger partial charge in [0.25, 0.3) is 0 Å². The maximum absolute atomic E-state index is 4.34. The predicted octanol–water partition coefficient (Wildman–Crippen LogP) is 3.52. The Bertz CT molecular complexity index is 341. The van der Waals surface area contributed by atoms with E-state index in [4.69, 9.17) is 0 Å². The van der Waals surface area contributed by atoms with E-state index in [2.05, 4.69) is 50.4 Å². The van der Waals surface area contributed by atoms with Crippen LogP contribution in [-0.4, -0.2) is 23.6 Å². The predicted molar refractivity (Wildman–Crippen MR) is 76.5 cm³/mol. The number of anilines is 2. The zero-order chi connectivity index (χ0) is 12.7. The van der Waals surface area contributed by atoms with Crippen molar-refractivity contribution in [2.75, 3.05) is 24.2 Å². The van der Waals surface area contributed by atoms with Crippen molar-refractivity contribution in [1.82, 2.24) is 9.97 Å². The van der Waals surface area contributed by atoms with Crippen LogP contribution in [-0.2, 0) is 0 Å². The summed E-state index contributed by atoms with van der Waals surface area (Å²) in [5, 5.41) is 6.25. The Morgan fingerprint density at radius 3 is 2.76 bits per heavy atom. The van der Waals surface area contributed by atoms with E-state index in [0.717, 1.165) is 22.8 Å². The molecule has 0 aromatic carbocycles. The van der Waals surface area contributed by atoms with E-state index in [-0.39, 0.29) is 0 Å². The molecule has 0 aliphatic carbocycles. The van der Waals surface area contributed by atoms with Gasteiger partial charge in [-0.3, -0.25) is 0 Å². The van der Waals surface area contributed by atoms with Gasteiger partial charge in [-0.05, 0) is 28.3 Å². The zero-order valence-corrected chi connectivity index (χ0v) is 12.3. The van der Waals surface area contributed by atoms with E-state index in [0.29, 0.717) is 5.95 Å². The molecule has 96 valence electrons. The molecule has 0 amide bonds. The molecule has 0 radical (unpaired) electrons. The van der Waals surface area contributed by atoms with Gasteiger partial charge in [0, 0.05) is 19.8 Å². The summed E-state index contributed by atoms with van der Waals surface area (Å²) in [5.74, 6) is 2.28.